The topological polar surface area (TPSA) is 61.6 Å². The summed E-state index contributed by atoms with van der Waals surface area (Å²) in [6, 6.07) is 9.89. The quantitative estimate of drug-likeness (QED) is 0.774. The number of nitrogens with two attached hydrogens (primary N) is 1. The molecule has 2 rings (SSSR count). The van der Waals surface area contributed by atoms with Crippen molar-refractivity contribution in [2.45, 2.75) is 19.0 Å². The molecular weight excluding hydrogens is 383 g/mol. The van der Waals surface area contributed by atoms with E-state index in [2.05, 4.69) is 29.2 Å². The largest absolute Gasteiger partial charge is 0.354 e. The SMILES string of the molecule is CC(C(=O)NCC1CN(C)CCN1C)C(N)c1ccccc1.Cl.Cl.Cl. The number of carbonyl (C=O) groups is 1. The van der Waals surface area contributed by atoms with Crippen LogP contribution in [0.3, 0.4) is 0 Å². The monoisotopic (exact) mass is 412 g/mol. The number of halogens is 3. The van der Waals surface area contributed by atoms with E-state index >= 15 is 0 Å². The van der Waals surface area contributed by atoms with Gasteiger partial charge in [-0.1, -0.05) is 37.3 Å². The maximum Gasteiger partial charge on any atom is 0.224 e. The van der Waals surface area contributed by atoms with E-state index in [4.69, 9.17) is 5.73 Å². The molecule has 3 unspecified atom stereocenters. The number of likely N-dealkylation sites (N-methyl/N-ethyl adjacent to an activating group) is 2. The second-order valence-electron chi connectivity index (χ2n) is 6.37. The Kier molecular flexibility index (Phi) is 13.6. The first-order valence-corrected chi connectivity index (χ1v) is 7.96. The number of benzene rings is 1. The van der Waals surface area contributed by atoms with Crippen LogP contribution in [0.25, 0.3) is 0 Å². The van der Waals surface area contributed by atoms with Crippen LogP contribution in [0.15, 0.2) is 30.3 Å². The average molecular weight is 414 g/mol. The summed E-state index contributed by atoms with van der Waals surface area (Å²) in [7, 11) is 4.23. The highest BCUT2D eigenvalue weighted by atomic mass is 35.5. The summed E-state index contributed by atoms with van der Waals surface area (Å²) in [4.78, 5) is 17.0. The molecule has 3 N–H and O–H groups in total. The molecule has 0 aliphatic carbocycles. The number of carbonyl (C=O) groups excluding carboxylic acids is 1. The van der Waals surface area contributed by atoms with Crippen LogP contribution < -0.4 is 11.1 Å². The van der Waals surface area contributed by atoms with Gasteiger partial charge in [0.2, 0.25) is 5.91 Å². The highest BCUT2D eigenvalue weighted by Gasteiger charge is 2.25. The summed E-state index contributed by atoms with van der Waals surface area (Å²) < 4.78 is 0. The first-order chi connectivity index (χ1) is 10.5. The van der Waals surface area contributed by atoms with Crippen LogP contribution >= 0.6 is 37.2 Å². The summed E-state index contributed by atoms with van der Waals surface area (Å²) in [5.41, 5.74) is 7.22. The van der Waals surface area contributed by atoms with Crippen LogP contribution in [0.2, 0.25) is 0 Å². The maximum absolute atomic E-state index is 12.4. The lowest BCUT2D eigenvalue weighted by Crippen LogP contribution is -2.55. The van der Waals surface area contributed by atoms with Crippen molar-refractivity contribution in [2.24, 2.45) is 11.7 Å². The van der Waals surface area contributed by atoms with Crippen LogP contribution in [0.4, 0.5) is 0 Å². The maximum atomic E-state index is 12.4. The van der Waals surface area contributed by atoms with E-state index in [1.54, 1.807) is 0 Å². The van der Waals surface area contributed by atoms with Gasteiger partial charge >= 0.3 is 0 Å². The first-order valence-electron chi connectivity index (χ1n) is 7.96. The van der Waals surface area contributed by atoms with Crippen LogP contribution in [-0.2, 0) is 4.79 Å². The third kappa shape index (κ3) is 7.69. The second-order valence-corrected chi connectivity index (χ2v) is 6.37. The van der Waals surface area contributed by atoms with Crippen molar-refractivity contribution in [3.8, 4) is 0 Å². The van der Waals surface area contributed by atoms with Crippen molar-refractivity contribution in [3.05, 3.63) is 35.9 Å². The highest BCUT2D eigenvalue weighted by molar-refractivity contribution is 5.86. The average Bonchev–Trinajstić information content (AvgIpc) is 2.54. The van der Waals surface area contributed by atoms with Gasteiger partial charge in [-0.3, -0.25) is 9.69 Å². The van der Waals surface area contributed by atoms with Gasteiger partial charge < -0.3 is 16.0 Å². The lowest BCUT2D eigenvalue weighted by Gasteiger charge is -2.38. The molecule has 1 fully saturated rings. The molecule has 3 atom stereocenters. The summed E-state index contributed by atoms with van der Waals surface area (Å²) in [5, 5.41) is 3.07. The van der Waals surface area contributed by atoms with Crippen LogP contribution in [0, 0.1) is 5.92 Å². The van der Waals surface area contributed by atoms with Gasteiger partial charge in [-0.2, -0.15) is 0 Å². The molecule has 5 nitrogen and oxygen atoms in total. The lowest BCUT2D eigenvalue weighted by molar-refractivity contribution is -0.125. The minimum Gasteiger partial charge on any atom is -0.354 e. The Labute approximate surface area is 169 Å². The van der Waals surface area contributed by atoms with Gasteiger partial charge in [-0.05, 0) is 19.7 Å². The smallest absolute Gasteiger partial charge is 0.224 e. The fraction of sp³-hybridized carbons (Fsp3) is 0.588. The summed E-state index contributed by atoms with van der Waals surface area (Å²) in [5.74, 6) is -0.216. The summed E-state index contributed by atoms with van der Waals surface area (Å²) >= 11 is 0. The molecule has 0 bridgehead atoms. The Morgan fingerprint density at radius 3 is 2.40 bits per heavy atom. The normalized spacial score (nSPS) is 20.2. The van der Waals surface area contributed by atoms with E-state index in [-0.39, 0.29) is 55.1 Å². The zero-order chi connectivity index (χ0) is 16.1. The lowest BCUT2D eigenvalue weighted by atomic mass is 9.94. The van der Waals surface area contributed by atoms with E-state index < -0.39 is 0 Å². The number of hydrogen-bond acceptors (Lipinski definition) is 4. The zero-order valence-electron chi connectivity index (χ0n) is 15.1. The van der Waals surface area contributed by atoms with E-state index in [0.29, 0.717) is 12.6 Å². The van der Waals surface area contributed by atoms with Gasteiger partial charge in [-0.25, -0.2) is 0 Å². The number of hydrogen-bond donors (Lipinski definition) is 2. The van der Waals surface area contributed by atoms with Crippen molar-refractivity contribution in [1.82, 2.24) is 15.1 Å². The number of rotatable bonds is 5. The Hall–Kier alpha value is -0.560. The molecular formula is C17H31Cl3N4O. The number of amides is 1. The molecule has 1 aliphatic rings. The Bertz CT molecular complexity index is 492. The molecule has 0 aromatic heterocycles. The minimum absolute atomic E-state index is 0. The second kappa shape index (κ2) is 12.7. The number of piperazine rings is 1. The van der Waals surface area contributed by atoms with Crippen molar-refractivity contribution in [3.63, 3.8) is 0 Å². The summed E-state index contributed by atoms with van der Waals surface area (Å²) in [6.07, 6.45) is 0. The van der Waals surface area contributed by atoms with Crippen LogP contribution in [-0.4, -0.2) is 62.0 Å². The zero-order valence-corrected chi connectivity index (χ0v) is 17.5. The fourth-order valence-electron chi connectivity index (χ4n) is 2.83. The predicted octanol–water partition coefficient (Wildman–Crippen LogP) is 1.95. The molecule has 0 spiro atoms. The molecule has 0 saturated carbocycles. The molecule has 1 aromatic rings. The van der Waals surface area contributed by atoms with E-state index in [1.807, 2.05) is 37.3 Å². The molecule has 25 heavy (non-hydrogen) atoms. The van der Waals surface area contributed by atoms with Crippen molar-refractivity contribution in [1.29, 1.82) is 0 Å². The number of nitrogens with zero attached hydrogens (tertiary/aromatic N) is 2. The molecule has 146 valence electrons. The summed E-state index contributed by atoms with van der Waals surface area (Å²) in [6.45, 7) is 5.66. The predicted molar refractivity (Wildman–Crippen MR) is 111 cm³/mol. The molecule has 0 radical (unpaired) electrons. The number of nitrogens with one attached hydrogen (secondary N) is 1. The standard InChI is InChI=1S/C17H28N4O.3ClH/c1-13(16(18)14-7-5-4-6-8-14)17(22)19-11-15-12-20(2)9-10-21(15)3;;;/h4-8,13,15-16H,9-12,18H2,1-3H3,(H,19,22);3*1H. The van der Waals surface area contributed by atoms with Crippen molar-refractivity contribution in [2.75, 3.05) is 40.3 Å². The Balaban J connectivity index is 0. The van der Waals surface area contributed by atoms with Crippen molar-refractivity contribution >= 4 is 43.1 Å². The van der Waals surface area contributed by atoms with Gasteiger partial charge in [0.1, 0.15) is 0 Å². The molecule has 1 amide bonds. The minimum atomic E-state index is -0.270. The molecule has 1 saturated heterocycles. The third-order valence-corrected chi connectivity index (χ3v) is 4.63. The van der Waals surface area contributed by atoms with E-state index in [1.165, 1.54) is 0 Å². The van der Waals surface area contributed by atoms with Crippen LogP contribution in [0.5, 0.6) is 0 Å². The molecule has 1 aromatic carbocycles. The van der Waals surface area contributed by atoms with E-state index in [0.717, 1.165) is 25.2 Å². The van der Waals surface area contributed by atoms with E-state index in [9.17, 15) is 4.79 Å². The fourth-order valence-corrected chi connectivity index (χ4v) is 2.83. The van der Waals surface area contributed by atoms with Crippen molar-refractivity contribution < 1.29 is 4.79 Å². The molecule has 1 heterocycles. The van der Waals surface area contributed by atoms with Gasteiger partial charge in [0, 0.05) is 38.3 Å². The highest BCUT2D eigenvalue weighted by Crippen LogP contribution is 2.19. The Morgan fingerprint density at radius 1 is 1.20 bits per heavy atom. The van der Waals surface area contributed by atoms with Gasteiger partial charge in [0.25, 0.3) is 0 Å². The Morgan fingerprint density at radius 2 is 1.80 bits per heavy atom. The van der Waals surface area contributed by atoms with Gasteiger partial charge in [0.15, 0.2) is 0 Å². The first kappa shape index (κ1) is 26.7. The molecule has 1 aliphatic heterocycles. The molecule has 8 heteroatoms. The van der Waals surface area contributed by atoms with Crippen LogP contribution in [0.1, 0.15) is 18.5 Å². The van der Waals surface area contributed by atoms with Gasteiger partial charge in [-0.15, -0.1) is 37.2 Å². The third-order valence-electron chi connectivity index (χ3n) is 4.63. The van der Waals surface area contributed by atoms with Gasteiger partial charge in [0.05, 0.1) is 5.92 Å².